The summed E-state index contributed by atoms with van der Waals surface area (Å²) in [5, 5.41) is 0. The molecule has 0 spiro atoms. The van der Waals surface area contributed by atoms with Crippen LogP contribution in [0.5, 0.6) is 11.5 Å². The van der Waals surface area contributed by atoms with Crippen LogP contribution in [0.25, 0.3) is 0 Å². The van der Waals surface area contributed by atoms with E-state index in [0.29, 0.717) is 25.7 Å². The van der Waals surface area contributed by atoms with E-state index < -0.39 is 0 Å². The molecule has 0 saturated heterocycles. The second-order valence-electron chi connectivity index (χ2n) is 6.01. The molecule has 0 radical (unpaired) electrons. The van der Waals surface area contributed by atoms with Crippen LogP contribution in [-0.2, 0) is 11.3 Å². The molecule has 0 aromatic heterocycles. The number of hydrogen-bond donors (Lipinski definition) is 0. The summed E-state index contributed by atoms with van der Waals surface area (Å²) >= 11 is 0. The third kappa shape index (κ3) is 5.89. The minimum Gasteiger partial charge on any atom is -0.493 e. The van der Waals surface area contributed by atoms with Crippen molar-refractivity contribution in [1.29, 1.82) is 0 Å². The Balaban J connectivity index is 1.65. The Morgan fingerprint density at radius 2 is 1.38 bits per heavy atom. The largest absolute Gasteiger partial charge is 0.493 e. The predicted octanol–water partition coefficient (Wildman–Crippen LogP) is 5.19. The van der Waals surface area contributed by atoms with E-state index in [1.165, 1.54) is 5.56 Å². The first-order valence-electron chi connectivity index (χ1n) is 8.66. The first-order chi connectivity index (χ1) is 11.7. The van der Waals surface area contributed by atoms with Gasteiger partial charge in [0.05, 0.1) is 19.8 Å². The van der Waals surface area contributed by atoms with Gasteiger partial charge in [-0.2, -0.15) is 0 Å². The van der Waals surface area contributed by atoms with Gasteiger partial charge in [-0.05, 0) is 47.7 Å². The Morgan fingerprint density at radius 3 is 1.88 bits per heavy atom. The molecule has 0 saturated carbocycles. The van der Waals surface area contributed by atoms with Crippen molar-refractivity contribution in [2.24, 2.45) is 0 Å². The molecule has 3 heteroatoms. The van der Waals surface area contributed by atoms with Gasteiger partial charge in [-0.15, -0.1) is 0 Å². The van der Waals surface area contributed by atoms with Crippen molar-refractivity contribution in [3.8, 4) is 11.5 Å². The molecule has 24 heavy (non-hydrogen) atoms. The van der Waals surface area contributed by atoms with Gasteiger partial charge in [-0.1, -0.05) is 38.1 Å². The fraction of sp³-hybridized carbons (Fsp3) is 0.429. The van der Waals surface area contributed by atoms with Crippen LogP contribution >= 0.6 is 0 Å². The van der Waals surface area contributed by atoms with Gasteiger partial charge in [0.2, 0.25) is 0 Å². The standard InChI is InChI=1S/C21H28O3/c1-4-17(2)19-8-12-21(13-9-19)24-15-5-14-23-20-10-6-18(7-11-20)16-22-3/h6-13,17H,4-5,14-16H2,1-3H3. The maximum atomic E-state index is 5.77. The maximum Gasteiger partial charge on any atom is 0.119 e. The highest BCUT2D eigenvalue weighted by Crippen LogP contribution is 2.21. The van der Waals surface area contributed by atoms with Crippen LogP contribution in [-0.4, -0.2) is 20.3 Å². The Bertz CT molecular complexity index is 575. The van der Waals surface area contributed by atoms with Gasteiger partial charge in [0.1, 0.15) is 11.5 Å². The average molecular weight is 328 g/mol. The monoisotopic (exact) mass is 328 g/mol. The molecular formula is C21H28O3. The van der Waals surface area contributed by atoms with Crippen molar-refractivity contribution in [2.75, 3.05) is 20.3 Å². The third-order valence-electron chi connectivity index (χ3n) is 4.12. The van der Waals surface area contributed by atoms with Gasteiger partial charge in [0.25, 0.3) is 0 Å². The molecule has 0 aliphatic heterocycles. The molecule has 0 fully saturated rings. The number of rotatable bonds is 10. The molecule has 3 nitrogen and oxygen atoms in total. The van der Waals surface area contributed by atoms with Crippen LogP contribution in [0.15, 0.2) is 48.5 Å². The quantitative estimate of drug-likeness (QED) is 0.561. The molecule has 1 atom stereocenters. The first kappa shape index (κ1) is 18.3. The number of ether oxygens (including phenoxy) is 3. The van der Waals surface area contributed by atoms with Gasteiger partial charge in [0.15, 0.2) is 0 Å². The molecule has 0 aliphatic rings. The van der Waals surface area contributed by atoms with Crippen LogP contribution < -0.4 is 9.47 Å². The molecule has 0 N–H and O–H groups in total. The van der Waals surface area contributed by atoms with Crippen molar-refractivity contribution >= 4 is 0 Å². The molecule has 1 unspecified atom stereocenters. The summed E-state index contributed by atoms with van der Waals surface area (Å²) in [4.78, 5) is 0. The van der Waals surface area contributed by atoms with Crippen molar-refractivity contribution in [3.05, 3.63) is 59.7 Å². The van der Waals surface area contributed by atoms with E-state index in [9.17, 15) is 0 Å². The molecule has 130 valence electrons. The lowest BCUT2D eigenvalue weighted by molar-refractivity contribution is 0.184. The summed E-state index contributed by atoms with van der Waals surface area (Å²) in [5.41, 5.74) is 2.51. The molecule has 0 amide bonds. The predicted molar refractivity (Wildman–Crippen MR) is 97.9 cm³/mol. The summed E-state index contributed by atoms with van der Waals surface area (Å²) in [6.07, 6.45) is 2.01. The summed E-state index contributed by atoms with van der Waals surface area (Å²) in [5.74, 6) is 2.40. The van der Waals surface area contributed by atoms with Crippen molar-refractivity contribution in [3.63, 3.8) is 0 Å². The highest BCUT2D eigenvalue weighted by atomic mass is 16.5. The Morgan fingerprint density at radius 1 is 0.833 bits per heavy atom. The molecule has 0 bridgehead atoms. The highest BCUT2D eigenvalue weighted by Gasteiger charge is 2.03. The van der Waals surface area contributed by atoms with Gasteiger partial charge in [0, 0.05) is 13.5 Å². The lowest BCUT2D eigenvalue weighted by atomic mass is 9.99. The van der Waals surface area contributed by atoms with Gasteiger partial charge < -0.3 is 14.2 Å². The van der Waals surface area contributed by atoms with Gasteiger partial charge in [-0.3, -0.25) is 0 Å². The maximum absolute atomic E-state index is 5.77. The second kappa shape index (κ2) is 9.99. The van der Waals surface area contributed by atoms with Crippen LogP contribution in [0.2, 0.25) is 0 Å². The van der Waals surface area contributed by atoms with E-state index in [1.54, 1.807) is 7.11 Å². The molecule has 0 heterocycles. The van der Waals surface area contributed by atoms with E-state index in [2.05, 4.69) is 38.1 Å². The summed E-state index contributed by atoms with van der Waals surface area (Å²) in [7, 11) is 1.70. The number of methoxy groups -OCH3 is 1. The summed E-state index contributed by atoms with van der Waals surface area (Å²) in [6, 6.07) is 16.4. The minimum atomic E-state index is 0.600. The lowest BCUT2D eigenvalue weighted by Crippen LogP contribution is -2.05. The smallest absolute Gasteiger partial charge is 0.119 e. The fourth-order valence-electron chi connectivity index (χ4n) is 2.42. The van der Waals surface area contributed by atoms with E-state index in [4.69, 9.17) is 14.2 Å². The normalized spacial score (nSPS) is 12.0. The van der Waals surface area contributed by atoms with Crippen LogP contribution in [0.1, 0.15) is 43.7 Å². The lowest BCUT2D eigenvalue weighted by Gasteiger charge is -2.11. The average Bonchev–Trinajstić information content (AvgIpc) is 2.63. The van der Waals surface area contributed by atoms with Crippen molar-refractivity contribution < 1.29 is 14.2 Å². The zero-order chi connectivity index (χ0) is 17.2. The second-order valence-corrected chi connectivity index (χ2v) is 6.01. The van der Waals surface area contributed by atoms with E-state index in [1.807, 2.05) is 24.3 Å². The Labute approximate surface area is 145 Å². The molecule has 2 aromatic carbocycles. The number of benzene rings is 2. The van der Waals surface area contributed by atoms with Crippen molar-refractivity contribution in [1.82, 2.24) is 0 Å². The van der Waals surface area contributed by atoms with Crippen LogP contribution in [0.4, 0.5) is 0 Å². The number of hydrogen-bond acceptors (Lipinski definition) is 3. The Kier molecular flexibility index (Phi) is 7.63. The van der Waals surface area contributed by atoms with Crippen LogP contribution in [0.3, 0.4) is 0 Å². The Hall–Kier alpha value is -2.00. The van der Waals surface area contributed by atoms with Gasteiger partial charge >= 0.3 is 0 Å². The zero-order valence-electron chi connectivity index (χ0n) is 15.0. The first-order valence-corrected chi connectivity index (χ1v) is 8.66. The molecule has 2 rings (SSSR count). The zero-order valence-corrected chi connectivity index (χ0v) is 15.0. The van der Waals surface area contributed by atoms with Crippen molar-refractivity contribution in [2.45, 2.75) is 39.2 Å². The van der Waals surface area contributed by atoms with Crippen LogP contribution in [0, 0.1) is 0 Å². The SMILES string of the molecule is CCC(C)c1ccc(OCCCOc2ccc(COC)cc2)cc1. The highest BCUT2D eigenvalue weighted by molar-refractivity contribution is 5.29. The van der Waals surface area contributed by atoms with Gasteiger partial charge in [-0.25, -0.2) is 0 Å². The summed E-state index contributed by atoms with van der Waals surface area (Å²) < 4.78 is 16.6. The third-order valence-corrected chi connectivity index (χ3v) is 4.12. The molecule has 2 aromatic rings. The molecule has 0 aliphatic carbocycles. The fourth-order valence-corrected chi connectivity index (χ4v) is 2.42. The summed E-state index contributed by atoms with van der Waals surface area (Å²) in [6.45, 7) is 6.39. The topological polar surface area (TPSA) is 27.7 Å². The minimum absolute atomic E-state index is 0.600. The molecular weight excluding hydrogens is 300 g/mol. The van der Waals surface area contributed by atoms with E-state index in [-0.39, 0.29) is 0 Å². The van der Waals surface area contributed by atoms with E-state index in [0.717, 1.165) is 29.9 Å². The van der Waals surface area contributed by atoms with E-state index >= 15 is 0 Å².